The van der Waals surface area contributed by atoms with Gasteiger partial charge in [0.05, 0.1) is 0 Å². The SMILES string of the molecule is COC(=O)C[Se]C(=O)c1cc(OC)cc(OC)c1. The number of hydrogen-bond donors (Lipinski definition) is 0. The van der Waals surface area contributed by atoms with Gasteiger partial charge in [0, 0.05) is 0 Å². The molecule has 0 bridgehead atoms. The standard InChI is InChI=1S/C12H14O5Se/c1-15-9-4-8(5-10(6-9)16-2)12(14)18-7-11(13)17-3/h4-6H,7H2,1-3H3. The third-order valence-corrected chi connectivity index (χ3v) is 3.98. The van der Waals surface area contributed by atoms with Crippen molar-refractivity contribution in [3.05, 3.63) is 23.8 Å². The molecule has 0 aromatic heterocycles. The first-order chi connectivity index (χ1) is 8.60. The molecule has 0 saturated carbocycles. The van der Waals surface area contributed by atoms with E-state index in [4.69, 9.17) is 9.47 Å². The van der Waals surface area contributed by atoms with Crippen LogP contribution in [0, 0.1) is 0 Å². The molecule has 98 valence electrons. The second-order valence-electron chi connectivity index (χ2n) is 3.25. The molecule has 0 fully saturated rings. The number of benzene rings is 1. The van der Waals surface area contributed by atoms with Crippen LogP contribution in [0.1, 0.15) is 10.4 Å². The van der Waals surface area contributed by atoms with E-state index in [1.54, 1.807) is 18.2 Å². The van der Waals surface area contributed by atoms with Crippen molar-refractivity contribution in [2.24, 2.45) is 0 Å². The monoisotopic (exact) mass is 318 g/mol. The summed E-state index contributed by atoms with van der Waals surface area (Å²) in [6.07, 6.45) is 0. The molecule has 0 amide bonds. The van der Waals surface area contributed by atoms with Crippen molar-refractivity contribution in [3.63, 3.8) is 0 Å². The average Bonchev–Trinajstić information content (AvgIpc) is 2.43. The molecule has 1 aromatic rings. The van der Waals surface area contributed by atoms with Gasteiger partial charge in [-0.25, -0.2) is 0 Å². The molecule has 0 radical (unpaired) electrons. The molecule has 0 aliphatic carbocycles. The third-order valence-electron chi connectivity index (χ3n) is 2.14. The molecule has 5 nitrogen and oxygen atoms in total. The van der Waals surface area contributed by atoms with Crippen molar-refractivity contribution in [1.29, 1.82) is 0 Å². The van der Waals surface area contributed by atoms with E-state index in [0.29, 0.717) is 17.1 Å². The molecule has 18 heavy (non-hydrogen) atoms. The molecule has 0 aliphatic rings. The Balaban J connectivity index is 2.81. The second-order valence-corrected chi connectivity index (χ2v) is 5.24. The van der Waals surface area contributed by atoms with Gasteiger partial charge in [-0.05, 0) is 0 Å². The fourth-order valence-electron chi connectivity index (χ4n) is 1.19. The van der Waals surface area contributed by atoms with Crippen molar-refractivity contribution in [3.8, 4) is 11.5 Å². The Morgan fingerprint density at radius 2 is 1.61 bits per heavy atom. The zero-order valence-corrected chi connectivity index (χ0v) is 12.1. The van der Waals surface area contributed by atoms with E-state index in [1.165, 1.54) is 21.3 Å². The van der Waals surface area contributed by atoms with Gasteiger partial charge in [0.1, 0.15) is 0 Å². The number of rotatable bonds is 6. The van der Waals surface area contributed by atoms with Crippen molar-refractivity contribution in [2.75, 3.05) is 21.3 Å². The Bertz CT molecular complexity index is 422. The quantitative estimate of drug-likeness (QED) is 0.582. The van der Waals surface area contributed by atoms with Gasteiger partial charge in [0.2, 0.25) is 0 Å². The molecule has 0 N–H and O–H groups in total. The van der Waals surface area contributed by atoms with E-state index in [1.807, 2.05) is 0 Å². The normalized spacial score (nSPS) is 9.72. The van der Waals surface area contributed by atoms with Crippen LogP contribution in [0.3, 0.4) is 0 Å². The Morgan fingerprint density at radius 1 is 1.06 bits per heavy atom. The number of esters is 1. The first-order valence-corrected chi connectivity index (χ1v) is 7.14. The molecule has 6 heteroatoms. The predicted molar refractivity (Wildman–Crippen MR) is 66.5 cm³/mol. The molecule has 0 spiro atoms. The van der Waals surface area contributed by atoms with E-state index < -0.39 is 15.0 Å². The maximum absolute atomic E-state index is 11.9. The van der Waals surface area contributed by atoms with Crippen LogP contribution in [-0.2, 0) is 9.53 Å². The van der Waals surface area contributed by atoms with E-state index in [0.717, 1.165) is 0 Å². The van der Waals surface area contributed by atoms with Gasteiger partial charge in [-0.15, -0.1) is 0 Å². The van der Waals surface area contributed by atoms with Crippen LogP contribution in [-0.4, -0.2) is 46.9 Å². The zero-order valence-electron chi connectivity index (χ0n) is 10.4. The van der Waals surface area contributed by atoms with Gasteiger partial charge in [-0.2, -0.15) is 0 Å². The van der Waals surface area contributed by atoms with Crippen molar-refractivity contribution in [1.82, 2.24) is 0 Å². The number of methoxy groups -OCH3 is 3. The summed E-state index contributed by atoms with van der Waals surface area (Å²) in [7, 11) is 4.34. The number of ether oxygens (including phenoxy) is 3. The summed E-state index contributed by atoms with van der Waals surface area (Å²) in [5.74, 6) is 0.719. The topological polar surface area (TPSA) is 61.8 Å². The Labute approximate surface area is 112 Å². The van der Waals surface area contributed by atoms with Crippen LogP contribution in [0.4, 0.5) is 0 Å². The first-order valence-electron chi connectivity index (χ1n) is 5.07. The molecule has 1 aromatic carbocycles. The van der Waals surface area contributed by atoms with Gasteiger partial charge in [-0.3, -0.25) is 0 Å². The summed E-state index contributed by atoms with van der Waals surface area (Å²) in [5.41, 5.74) is 0.482. The van der Waals surface area contributed by atoms with Crippen LogP contribution in [0.5, 0.6) is 11.5 Å². The Morgan fingerprint density at radius 3 is 2.06 bits per heavy atom. The van der Waals surface area contributed by atoms with Crippen LogP contribution >= 0.6 is 0 Å². The predicted octanol–water partition coefficient (Wildman–Crippen LogP) is 1.14. The average molecular weight is 317 g/mol. The summed E-state index contributed by atoms with van der Waals surface area (Å²) >= 11 is -0.482. The third kappa shape index (κ3) is 4.05. The Hall–Kier alpha value is -1.52. The molecule has 0 saturated heterocycles. The van der Waals surface area contributed by atoms with Gasteiger partial charge in [-0.1, -0.05) is 0 Å². The molecule has 0 atom stereocenters. The van der Waals surface area contributed by atoms with Crippen LogP contribution in [0.15, 0.2) is 18.2 Å². The molecular formula is C12H14O5Se. The molecule has 1 rings (SSSR count). The van der Waals surface area contributed by atoms with Crippen LogP contribution in [0.2, 0.25) is 5.32 Å². The number of hydrogen-bond acceptors (Lipinski definition) is 5. The molecule has 0 aliphatic heterocycles. The van der Waals surface area contributed by atoms with E-state index in [-0.39, 0.29) is 16.0 Å². The molecule has 0 heterocycles. The van der Waals surface area contributed by atoms with E-state index in [9.17, 15) is 9.59 Å². The minimum absolute atomic E-state index is 0.0925. The van der Waals surface area contributed by atoms with Gasteiger partial charge < -0.3 is 0 Å². The van der Waals surface area contributed by atoms with Gasteiger partial charge in [0.25, 0.3) is 0 Å². The van der Waals surface area contributed by atoms with Crippen molar-refractivity contribution >= 4 is 25.6 Å². The summed E-state index contributed by atoms with van der Waals surface area (Å²) in [6, 6.07) is 4.94. The fourth-order valence-corrected chi connectivity index (χ4v) is 2.56. The number of carbonyl (C=O) groups is 2. The van der Waals surface area contributed by atoms with Crippen molar-refractivity contribution < 1.29 is 23.8 Å². The van der Waals surface area contributed by atoms with Crippen LogP contribution in [0.25, 0.3) is 0 Å². The van der Waals surface area contributed by atoms with E-state index in [2.05, 4.69) is 4.74 Å². The summed E-state index contributed by atoms with van der Waals surface area (Å²) in [6.45, 7) is 0. The summed E-state index contributed by atoms with van der Waals surface area (Å²) in [5, 5.41) is 0.127. The van der Waals surface area contributed by atoms with Crippen molar-refractivity contribution in [2.45, 2.75) is 5.32 Å². The number of carbonyl (C=O) groups excluding carboxylic acids is 2. The van der Waals surface area contributed by atoms with Gasteiger partial charge >= 0.3 is 111 Å². The second kappa shape index (κ2) is 7.03. The maximum atomic E-state index is 11.9. The fraction of sp³-hybridized carbons (Fsp3) is 0.333. The van der Waals surface area contributed by atoms with Gasteiger partial charge in [0.15, 0.2) is 0 Å². The summed E-state index contributed by atoms with van der Waals surface area (Å²) < 4.78 is 14.6. The van der Waals surface area contributed by atoms with Crippen LogP contribution < -0.4 is 9.47 Å². The molecular weight excluding hydrogens is 303 g/mol. The van der Waals surface area contributed by atoms with E-state index >= 15 is 0 Å². The zero-order chi connectivity index (χ0) is 13.5. The Kier molecular flexibility index (Phi) is 5.68. The molecule has 0 unspecified atom stereocenters. The first kappa shape index (κ1) is 14.5. The minimum atomic E-state index is -0.482. The summed E-state index contributed by atoms with van der Waals surface area (Å²) in [4.78, 5) is 22.9.